The Balaban J connectivity index is 1.39. The van der Waals surface area contributed by atoms with Crippen molar-refractivity contribution in [3.05, 3.63) is 82.2 Å². The molecule has 4 rings (SSSR count). The number of ether oxygens (including phenoxy) is 1. The summed E-state index contributed by atoms with van der Waals surface area (Å²) >= 11 is 0. The average molecular weight is 479 g/mol. The van der Waals surface area contributed by atoms with Gasteiger partial charge < -0.3 is 15.4 Å². The molecule has 0 fully saturated rings. The predicted molar refractivity (Wildman–Crippen MR) is 121 cm³/mol. The minimum Gasteiger partial charge on any atom is -0.464 e. The van der Waals surface area contributed by atoms with E-state index >= 15 is 0 Å². The summed E-state index contributed by atoms with van der Waals surface area (Å²) in [5.41, 5.74) is 1.08. The van der Waals surface area contributed by atoms with E-state index < -0.39 is 16.7 Å². The van der Waals surface area contributed by atoms with Gasteiger partial charge in [-0.3, -0.25) is 29.1 Å². The van der Waals surface area contributed by atoms with E-state index in [1.807, 2.05) is 0 Å². The molecule has 0 atom stereocenters. The van der Waals surface area contributed by atoms with Gasteiger partial charge in [0.1, 0.15) is 5.69 Å². The van der Waals surface area contributed by atoms with Gasteiger partial charge in [0, 0.05) is 44.7 Å². The minimum absolute atomic E-state index is 0.0572. The number of nitro groups is 1. The number of nitrogens with one attached hydrogen (secondary N) is 2. The largest absolute Gasteiger partial charge is 0.464 e. The third kappa shape index (κ3) is 5.32. The van der Waals surface area contributed by atoms with Crippen LogP contribution >= 0.6 is 0 Å². The number of aromatic nitrogens is 6. The van der Waals surface area contributed by atoms with E-state index in [4.69, 9.17) is 4.74 Å². The molecule has 1 aromatic carbocycles. The number of hydrogen-bond acceptors (Lipinski definition) is 8. The number of carbonyl (C=O) groups is 2. The van der Waals surface area contributed by atoms with Crippen molar-refractivity contribution in [2.24, 2.45) is 14.1 Å². The van der Waals surface area contributed by atoms with Crippen molar-refractivity contribution in [2.75, 3.05) is 5.32 Å². The molecule has 2 N–H and O–H groups in total. The molecule has 14 heteroatoms. The zero-order valence-corrected chi connectivity index (χ0v) is 18.8. The van der Waals surface area contributed by atoms with E-state index in [1.165, 1.54) is 46.0 Å². The Morgan fingerprint density at radius 1 is 1.11 bits per heavy atom. The Kier molecular flexibility index (Phi) is 6.53. The van der Waals surface area contributed by atoms with Gasteiger partial charge in [0.15, 0.2) is 18.2 Å². The molecule has 0 aliphatic heterocycles. The van der Waals surface area contributed by atoms with E-state index in [9.17, 15) is 19.7 Å². The lowest BCUT2D eigenvalue weighted by Crippen LogP contribution is -2.26. The van der Waals surface area contributed by atoms with Crippen molar-refractivity contribution in [1.29, 1.82) is 0 Å². The number of hydrogen-bond donors (Lipinski definition) is 2. The number of benzene rings is 1. The maximum atomic E-state index is 12.7. The summed E-state index contributed by atoms with van der Waals surface area (Å²) in [6.07, 6.45) is 6.28. The number of aryl methyl sites for hydroxylation is 2. The Hall–Kier alpha value is -5.01. The van der Waals surface area contributed by atoms with E-state index in [2.05, 4.69) is 25.9 Å². The molecule has 14 nitrogen and oxygen atoms in total. The molecule has 0 spiro atoms. The van der Waals surface area contributed by atoms with Crippen LogP contribution in [0.1, 0.15) is 26.5 Å². The van der Waals surface area contributed by atoms with Gasteiger partial charge in [-0.25, -0.2) is 4.68 Å². The van der Waals surface area contributed by atoms with Gasteiger partial charge in [-0.1, -0.05) is 12.1 Å². The molecular weight excluding hydrogens is 458 g/mol. The van der Waals surface area contributed by atoms with Crippen LogP contribution < -0.4 is 15.4 Å². The van der Waals surface area contributed by atoms with Crippen LogP contribution in [0.3, 0.4) is 0 Å². The third-order valence-electron chi connectivity index (χ3n) is 4.90. The van der Waals surface area contributed by atoms with Crippen molar-refractivity contribution < 1.29 is 19.2 Å². The Labute approximate surface area is 198 Å². The van der Waals surface area contributed by atoms with Gasteiger partial charge in [0.25, 0.3) is 11.8 Å². The molecule has 3 heterocycles. The van der Waals surface area contributed by atoms with Gasteiger partial charge in [-0.05, 0) is 12.1 Å². The molecule has 0 aliphatic rings. The standard InChI is InChI=1S/C21H21N9O5/c1-27-12-14(10-23-27)9-22-21(32)19-16(11-24-28(19)2)25-20(31)15-7-8-29(26-15)13-35-18-6-4-3-5-17(18)30(33)34/h3-8,10-12H,9,13H2,1-2H3,(H,22,32)(H,25,31). The fourth-order valence-electron chi connectivity index (χ4n) is 3.23. The van der Waals surface area contributed by atoms with Crippen LogP contribution in [-0.4, -0.2) is 46.1 Å². The number of rotatable bonds is 9. The predicted octanol–water partition coefficient (Wildman–Crippen LogP) is 1.48. The minimum atomic E-state index is -0.566. The number of carbonyl (C=O) groups excluding carboxylic acids is 2. The van der Waals surface area contributed by atoms with E-state index in [-0.39, 0.29) is 41.8 Å². The highest BCUT2D eigenvalue weighted by atomic mass is 16.6. The number of nitro benzene ring substituents is 1. The molecule has 2 amide bonds. The lowest BCUT2D eigenvalue weighted by Gasteiger charge is -2.08. The van der Waals surface area contributed by atoms with Crippen LogP contribution in [-0.2, 0) is 27.4 Å². The average Bonchev–Trinajstić information content (AvgIpc) is 3.56. The lowest BCUT2D eigenvalue weighted by atomic mass is 10.3. The van der Waals surface area contributed by atoms with E-state index in [1.54, 1.807) is 37.2 Å². The second-order valence-corrected chi connectivity index (χ2v) is 7.43. The van der Waals surface area contributed by atoms with Gasteiger partial charge in [0.05, 0.1) is 23.0 Å². The van der Waals surface area contributed by atoms with Crippen molar-refractivity contribution in [1.82, 2.24) is 34.7 Å². The Morgan fingerprint density at radius 3 is 2.66 bits per heavy atom. The summed E-state index contributed by atoms with van der Waals surface area (Å²) in [7, 11) is 3.36. The Bertz CT molecular complexity index is 1390. The third-order valence-corrected chi connectivity index (χ3v) is 4.90. The summed E-state index contributed by atoms with van der Waals surface area (Å²) in [5, 5.41) is 28.7. The summed E-state index contributed by atoms with van der Waals surface area (Å²) in [5.74, 6) is -0.910. The smallest absolute Gasteiger partial charge is 0.311 e. The van der Waals surface area contributed by atoms with E-state index in [0.717, 1.165) is 5.56 Å². The Morgan fingerprint density at radius 2 is 1.91 bits per heavy atom. The highest BCUT2D eigenvalue weighted by molar-refractivity contribution is 6.07. The highest BCUT2D eigenvalue weighted by Gasteiger charge is 2.20. The molecule has 0 saturated heterocycles. The number of amides is 2. The molecule has 3 aromatic heterocycles. The van der Waals surface area contributed by atoms with Crippen LogP contribution in [0.15, 0.2) is 55.1 Å². The van der Waals surface area contributed by atoms with Crippen LogP contribution in [0.2, 0.25) is 0 Å². The van der Waals surface area contributed by atoms with Gasteiger partial charge >= 0.3 is 5.69 Å². The summed E-state index contributed by atoms with van der Waals surface area (Å²) in [6.45, 7) is 0.113. The summed E-state index contributed by atoms with van der Waals surface area (Å²) in [4.78, 5) is 36.0. The van der Waals surface area contributed by atoms with Crippen LogP contribution in [0.4, 0.5) is 11.4 Å². The number of nitrogens with zero attached hydrogens (tertiary/aromatic N) is 7. The maximum absolute atomic E-state index is 12.7. The van der Waals surface area contributed by atoms with Crippen LogP contribution in [0.5, 0.6) is 5.75 Å². The molecular formula is C21H21N9O5. The molecule has 0 radical (unpaired) electrons. The molecule has 180 valence electrons. The summed E-state index contributed by atoms with van der Waals surface area (Å²) in [6, 6.07) is 7.40. The van der Waals surface area contributed by atoms with Crippen LogP contribution in [0, 0.1) is 10.1 Å². The number of anilines is 1. The zero-order valence-electron chi connectivity index (χ0n) is 18.8. The van der Waals surface area contributed by atoms with Crippen molar-refractivity contribution in [3.63, 3.8) is 0 Å². The molecule has 35 heavy (non-hydrogen) atoms. The van der Waals surface area contributed by atoms with Crippen molar-refractivity contribution in [2.45, 2.75) is 13.3 Å². The normalized spacial score (nSPS) is 10.7. The van der Waals surface area contributed by atoms with Crippen molar-refractivity contribution in [3.8, 4) is 5.75 Å². The van der Waals surface area contributed by atoms with Crippen LogP contribution in [0.25, 0.3) is 0 Å². The summed E-state index contributed by atoms with van der Waals surface area (Å²) < 4.78 is 9.77. The zero-order chi connectivity index (χ0) is 24.9. The first kappa shape index (κ1) is 23.2. The maximum Gasteiger partial charge on any atom is 0.311 e. The first-order valence-corrected chi connectivity index (χ1v) is 10.3. The second kappa shape index (κ2) is 9.86. The fraction of sp³-hybridized carbons (Fsp3) is 0.190. The first-order valence-electron chi connectivity index (χ1n) is 10.3. The molecule has 0 bridgehead atoms. The first-order chi connectivity index (χ1) is 16.8. The molecule has 0 saturated carbocycles. The molecule has 0 aliphatic carbocycles. The molecule has 4 aromatic rings. The number of para-hydroxylation sites is 2. The quantitative estimate of drug-likeness (QED) is 0.269. The monoisotopic (exact) mass is 479 g/mol. The topological polar surface area (TPSA) is 164 Å². The fourth-order valence-corrected chi connectivity index (χ4v) is 3.23. The van der Waals surface area contributed by atoms with Gasteiger partial charge in [-0.15, -0.1) is 0 Å². The van der Waals surface area contributed by atoms with Gasteiger partial charge in [0.2, 0.25) is 0 Å². The SMILES string of the molecule is Cn1cc(CNC(=O)c2c(NC(=O)c3ccn(COc4ccccc4[N+](=O)[O-])n3)cnn2C)cn1. The highest BCUT2D eigenvalue weighted by Crippen LogP contribution is 2.26. The lowest BCUT2D eigenvalue weighted by molar-refractivity contribution is -0.386. The van der Waals surface area contributed by atoms with Gasteiger partial charge in [-0.2, -0.15) is 15.3 Å². The second-order valence-electron chi connectivity index (χ2n) is 7.43. The van der Waals surface area contributed by atoms with Crippen molar-refractivity contribution >= 4 is 23.2 Å². The molecule has 0 unspecified atom stereocenters. The van der Waals surface area contributed by atoms with E-state index in [0.29, 0.717) is 0 Å².